The van der Waals surface area contributed by atoms with Crippen molar-refractivity contribution in [3.63, 3.8) is 0 Å². The molecule has 0 radical (unpaired) electrons. The molecule has 1 heterocycles. The summed E-state index contributed by atoms with van der Waals surface area (Å²) in [4.78, 5) is 6.48. The first-order valence-electron chi connectivity index (χ1n) is 7.65. The average molecular weight is 360 g/mol. The second-order valence-electron chi connectivity index (χ2n) is 5.48. The minimum absolute atomic E-state index is 0.532. The van der Waals surface area contributed by atoms with Gasteiger partial charge in [0, 0.05) is 25.1 Å². The van der Waals surface area contributed by atoms with E-state index in [0.717, 1.165) is 33.8 Å². The molecule has 6 heteroatoms. The van der Waals surface area contributed by atoms with Crippen LogP contribution in [0.25, 0.3) is 10.9 Å². The molecule has 0 aliphatic carbocycles. The number of ether oxygens (including phenoxy) is 1. The van der Waals surface area contributed by atoms with E-state index in [0.29, 0.717) is 10.8 Å². The monoisotopic (exact) mass is 359 g/mol. The quantitative estimate of drug-likeness (QED) is 0.435. The van der Waals surface area contributed by atoms with Gasteiger partial charge in [-0.2, -0.15) is 4.37 Å². The van der Waals surface area contributed by atoms with Crippen LogP contribution >= 0.6 is 23.1 Å². The van der Waals surface area contributed by atoms with Crippen molar-refractivity contribution < 1.29 is 4.74 Å². The standard InChI is InChI=1S/C18H18ClN3OS/c1-4-22(3)11-20-16-10-14(19)17(9-12(16)2)23-18-13-7-5-6-8-15(13)21-24-18/h5-11H,4H2,1-3H3. The van der Waals surface area contributed by atoms with Crippen LogP contribution in [-0.4, -0.2) is 29.2 Å². The third-order valence-electron chi connectivity index (χ3n) is 3.70. The van der Waals surface area contributed by atoms with Gasteiger partial charge in [-0.3, -0.25) is 0 Å². The molecule has 0 saturated carbocycles. The lowest BCUT2D eigenvalue weighted by Crippen LogP contribution is -2.14. The van der Waals surface area contributed by atoms with Crippen LogP contribution in [0.1, 0.15) is 12.5 Å². The van der Waals surface area contributed by atoms with Gasteiger partial charge in [0.15, 0.2) is 0 Å². The molecule has 0 aliphatic rings. The van der Waals surface area contributed by atoms with Gasteiger partial charge in [-0.25, -0.2) is 4.99 Å². The van der Waals surface area contributed by atoms with Gasteiger partial charge in [-0.1, -0.05) is 23.7 Å². The van der Waals surface area contributed by atoms with Gasteiger partial charge in [-0.05, 0) is 43.7 Å². The topological polar surface area (TPSA) is 37.7 Å². The first-order valence-corrected chi connectivity index (χ1v) is 8.80. The molecule has 0 amide bonds. The Balaban J connectivity index is 1.89. The van der Waals surface area contributed by atoms with Crippen LogP contribution in [-0.2, 0) is 0 Å². The summed E-state index contributed by atoms with van der Waals surface area (Å²) in [6.45, 7) is 4.96. The van der Waals surface area contributed by atoms with Gasteiger partial charge in [0.05, 0.1) is 28.0 Å². The number of aliphatic imine (C=N–C) groups is 1. The molecular weight excluding hydrogens is 342 g/mol. The maximum absolute atomic E-state index is 6.39. The second kappa shape index (κ2) is 7.20. The predicted molar refractivity (Wildman–Crippen MR) is 102 cm³/mol. The smallest absolute Gasteiger partial charge is 0.208 e. The third kappa shape index (κ3) is 3.52. The predicted octanol–water partition coefficient (Wildman–Crippen LogP) is 5.66. The Kier molecular flexibility index (Phi) is 5.02. The van der Waals surface area contributed by atoms with E-state index in [9.17, 15) is 0 Å². The summed E-state index contributed by atoms with van der Waals surface area (Å²) in [6, 6.07) is 11.6. The highest BCUT2D eigenvalue weighted by atomic mass is 35.5. The van der Waals surface area contributed by atoms with Crippen molar-refractivity contribution >= 4 is 46.1 Å². The zero-order valence-electron chi connectivity index (χ0n) is 13.8. The largest absolute Gasteiger partial charge is 0.443 e. The van der Waals surface area contributed by atoms with E-state index in [1.165, 1.54) is 11.5 Å². The van der Waals surface area contributed by atoms with Crippen molar-refractivity contribution in [2.45, 2.75) is 13.8 Å². The Morgan fingerprint density at radius 1 is 1.33 bits per heavy atom. The van der Waals surface area contributed by atoms with Gasteiger partial charge in [-0.15, -0.1) is 0 Å². The van der Waals surface area contributed by atoms with Gasteiger partial charge in [0.1, 0.15) is 5.75 Å². The van der Waals surface area contributed by atoms with Crippen molar-refractivity contribution in [1.82, 2.24) is 9.27 Å². The lowest BCUT2D eigenvalue weighted by Gasteiger charge is -2.11. The molecule has 0 bridgehead atoms. The molecular formula is C18H18ClN3OS. The first kappa shape index (κ1) is 16.7. The van der Waals surface area contributed by atoms with Crippen molar-refractivity contribution in [3.8, 4) is 10.8 Å². The van der Waals surface area contributed by atoms with Gasteiger partial charge in [0.2, 0.25) is 5.06 Å². The van der Waals surface area contributed by atoms with Crippen LogP contribution in [0, 0.1) is 6.92 Å². The number of aromatic nitrogens is 1. The number of benzene rings is 2. The third-order valence-corrected chi connectivity index (χ3v) is 4.75. The molecule has 24 heavy (non-hydrogen) atoms. The molecule has 0 N–H and O–H groups in total. The zero-order chi connectivity index (χ0) is 17.1. The van der Waals surface area contributed by atoms with E-state index in [1.54, 1.807) is 6.34 Å². The second-order valence-corrected chi connectivity index (χ2v) is 6.62. The average Bonchev–Trinajstić information content (AvgIpc) is 2.99. The van der Waals surface area contributed by atoms with E-state index in [4.69, 9.17) is 16.3 Å². The summed E-state index contributed by atoms with van der Waals surface area (Å²) in [7, 11) is 1.98. The molecule has 0 fully saturated rings. The molecule has 0 atom stereocenters. The Morgan fingerprint density at radius 3 is 2.92 bits per heavy atom. The van der Waals surface area contributed by atoms with Crippen molar-refractivity contribution in [1.29, 1.82) is 0 Å². The van der Waals surface area contributed by atoms with Crippen molar-refractivity contribution in [2.75, 3.05) is 13.6 Å². The molecule has 0 aliphatic heterocycles. The number of rotatable bonds is 5. The van der Waals surface area contributed by atoms with Gasteiger partial charge < -0.3 is 9.64 Å². The zero-order valence-corrected chi connectivity index (χ0v) is 15.4. The summed E-state index contributed by atoms with van der Waals surface area (Å²) < 4.78 is 10.4. The molecule has 1 aromatic heterocycles. The Morgan fingerprint density at radius 2 is 2.12 bits per heavy atom. The Labute approximate surface area is 150 Å². The number of hydrogen-bond acceptors (Lipinski definition) is 4. The fraction of sp³-hybridized carbons (Fsp3) is 0.222. The summed E-state index contributed by atoms with van der Waals surface area (Å²) in [6.07, 6.45) is 1.80. The highest BCUT2D eigenvalue weighted by Crippen LogP contribution is 2.39. The molecule has 0 saturated heterocycles. The highest BCUT2D eigenvalue weighted by molar-refractivity contribution is 7.09. The fourth-order valence-electron chi connectivity index (χ4n) is 2.14. The van der Waals surface area contributed by atoms with Crippen LogP contribution in [0.2, 0.25) is 5.02 Å². The van der Waals surface area contributed by atoms with E-state index in [2.05, 4.69) is 16.3 Å². The van der Waals surface area contributed by atoms with Crippen LogP contribution in [0.5, 0.6) is 10.8 Å². The molecule has 2 aromatic carbocycles. The summed E-state index contributed by atoms with van der Waals surface area (Å²) in [5.74, 6) is 0.617. The molecule has 0 spiro atoms. The number of fused-ring (bicyclic) bond motifs is 1. The first-order chi connectivity index (χ1) is 11.6. The molecule has 4 nitrogen and oxygen atoms in total. The van der Waals surface area contributed by atoms with Crippen molar-refractivity contribution in [2.24, 2.45) is 4.99 Å². The van der Waals surface area contributed by atoms with Gasteiger partial charge in [0.25, 0.3) is 0 Å². The van der Waals surface area contributed by atoms with Crippen LogP contribution < -0.4 is 4.74 Å². The van der Waals surface area contributed by atoms with E-state index in [-0.39, 0.29) is 0 Å². The minimum atomic E-state index is 0.532. The lowest BCUT2D eigenvalue weighted by atomic mass is 10.2. The Bertz CT molecular complexity index is 891. The van der Waals surface area contributed by atoms with E-state index in [1.807, 2.05) is 55.3 Å². The number of aryl methyl sites for hydroxylation is 1. The van der Waals surface area contributed by atoms with Gasteiger partial charge >= 0.3 is 0 Å². The molecule has 0 unspecified atom stereocenters. The maximum atomic E-state index is 6.39. The van der Waals surface area contributed by atoms with Crippen molar-refractivity contribution in [3.05, 3.63) is 47.0 Å². The number of halogens is 1. The van der Waals surface area contributed by atoms with Crippen LogP contribution in [0.15, 0.2) is 41.4 Å². The Hall–Kier alpha value is -2.11. The SMILES string of the molecule is CCN(C)C=Nc1cc(Cl)c(Oc2snc3ccccc23)cc1C. The summed E-state index contributed by atoms with van der Waals surface area (Å²) >= 11 is 7.72. The maximum Gasteiger partial charge on any atom is 0.208 e. The summed E-state index contributed by atoms with van der Waals surface area (Å²) in [5.41, 5.74) is 2.76. The molecule has 3 rings (SSSR count). The number of hydrogen-bond donors (Lipinski definition) is 0. The normalized spacial score (nSPS) is 11.3. The fourth-order valence-corrected chi connectivity index (χ4v) is 3.08. The lowest BCUT2D eigenvalue weighted by molar-refractivity contribution is 0.501. The minimum Gasteiger partial charge on any atom is -0.443 e. The summed E-state index contributed by atoms with van der Waals surface area (Å²) in [5, 5.41) is 2.26. The molecule has 3 aromatic rings. The van der Waals surface area contributed by atoms with Crippen LogP contribution in [0.3, 0.4) is 0 Å². The molecule has 124 valence electrons. The van der Waals surface area contributed by atoms with E-state index < -0.39 is 0 Å². The number of nitrogens with zero attached hydrogens (tertiary/aromatic N) is 3. The highest BCUT2D eigenvalue weighted by Gasteiger charge is 2.12. The van der Waals surface area contributed by atoms with Crippen LogP contribution in [0.4, 0.5) is 5.69 Å². The van der Waals surface area contributed by atoms with E-state index >= 15 is 0 Å².